The van der Waals surface area contributed by atoms with Crippen molar-refractivity contribution in [2.45, 2.75) is 25.9 Å². The largest absolute Gasteiger partial charge is 0.437 e. The summed E-state index contributed by atoms with van der Waals surface area (Å²) in [6.45, 7) is 3.04. The van der Waals surface area contributed by atoms with Crippen LogP contribution in [0.15, 0.2) is 83.3 Å². The van der Waals surface area contributed by atoms with Gasteiger partial charge < -0.3 is 20.0 Å². The highest BCUT2D eigenvalue weighted by Crippen LogP contribution is 2.35. The van der Waals surface area contributed by atoms with Crippen LogP contribution in [0.25, 0.3) is 11.1 Å². The summed E-state index contributed by atoms with van der Waals surface area (Å²) < 4.78 is 46.4. The Hall–Kier alpha value is -4.60. The number of hydrogen-bond donors (Lipinski definition) is 2. The quantitative estimate of drug-likeness (QED) is 0.268. The van der Waals surface area contributed by atoms with E-state index in [0.29, 0.717) is 30.0 Å². The van der Waals surface area contributed by atoms with Crippen molar-refractivity contribution >= 4 is 29.2 Å². The van der Waals surface area contributed by atoms with E-state index >= 15 is 0 Å². The molecule has 0 saturated carbocycles. The average Bonchev–Trinajstić information content (AvgIpc) is 3.41. The van der Waals surface area contributed by atoms with Gasteiger partial charge in [-0.3, -0.25) is 9.59 Å². The summed E-state index contributed by atoms with van der Waals surface area (Å²) >= 11 is 0. The molecule has 4 aromatic rings. The summed E-state index contributed by atoms with van der Waals surface area (Å²) in [5, 5.41) is 5.30. The highest BCUT2D eigenvalue weighted by molar-refractivity contribution is 6.05. The van der Waals surface area contributed by atoms with Crippen LogP contribution in [0.4, 0.5) is 30.6 Å². The molecular weight excluding hydrogens is 521 g/mol. The Labute approximate surface area is 229 Å². The highest BCUT2D eigenvalue weighted by atomic mass is 19.4. The summed E-state index contributed by atoms with van der Waals surface area (Å²) in [6, 6.07) is 22.5. The number of nitrogens with zero attached hydrogens (tertiary/aromatic N) is 2. The van der Waals surface area contributed by atoms with E-state index in [1.54, 1.807) is 65.6 Å². The number of para-hydroxylation sites is 1. The molecule has 1 aliphatic rings. The van der Waals surface area contributed by atoms with Crippen LogP contribution >= 0.6 is 0 Å². The predicted octanol–water partition coefficient (Wildman–Crippen LogP) is 7.10. The van der Waals surface area contributed by atoms with E-state index in [1.165, 1.54) is 0 Å². The predicted molar refractivity (Wildman–Crippen MR) is 146 cm³/mol. The molecule has 40 heavy (non-hydrogen) atoms. The maximum Gasteiger partial charge on any atom is 0.437 e. The molecule has 7 nitrogen and oxygen atoms in total. The Morgan fingerprint density at radius 2 is 1.48 bits per heavy atom. The van der Waals surface area contributed by atoms with E-state index < -0.39 is 23.5 Å². The second-order valence-corrected chi connectivity index (χ2v) is 9.79. The number of carbonyl (C=O) groups excluding carboxylic acids is 2. The number of carbonyl (C=O) groups is 2. The van der Waals surface area contributed by atoms with Crippen LogP contribution in [0.5, 0.6) is 0 Å². The molecule has 10 heteroatoms. The van der Waals surface area contributed by atoms with Gasteiger partial charge in [0.15, 0.2) is 5.69 Å². The molecule has 0 bridgehead atoms. The van der Waals surface area contributed by atoms with Gasteiger partial charge in [0.1, 0.15) is 0 Å². The number of oxazole rings is 1. The molecule has 1 unspecified atom stereocenters. The van der Waals surface area contributed by atoms with Crippen molar-refractivity contribution in [1.29, 1.82) is 0 Å². The van der Waals surface area contributed by atoms with Gasteiger partial charge in [-0.25, -0.2) is 0 Å². The molecule has 1 saturated heterocycles. The Morgan fingerprint density at radius 1 is 0.875 bits per heavy atom. The van der Waals surface area contributed by atoms with Crippen LogP contribution < -0.4 is 15.5 Å². The number of hydrogen-bond acceptors (Lipinski definition) is 5. The number of halogens is 3. The van der Waals surface area contributed by atoms with E-state index in [1.807, 2.05) is 25.1 Å². The lowest BCUT2D eigenvalue weighted by Gasteiger charge is -2.29. The van der Waals surface area contributed by atoms with Gasteiger partial charge in [0, 0.05) is 30.0 Å². The molecule has 3 aromatic carbocycles. The fraction of sp³-hybridized carbons (Fsp3) is 0.233. The van der Waals surface area contributed by atoms with Crippen LogP contribution in [0.1, 0.15) is 46.4 Å². The van der Waals surface area contributed by atoms with Gasteiger partial charge in [-0.15, -0.1) is 0 Å². The highest BCUT2D eigenvalue weighted by Gasteiger charge is 2.42. The van der Waals surface area contributed by atoms with Crippen molar-refractivity contribution in [1.82, 2.24) is 4.98 Å². The molecule has 0 spiro atoms. The maximum absolute atomic E-state index is 13.7. The fourth-order valence-electron chi connectivity index (χ4n) is 4.63. The summed E-state index contributed by atoms with van der Waals surface area (Å²) in [4.78, 5) is 30.6. The first-order chi connectivity index (χ1) is 19.2. The first-order valence-electron chi connectivity index (χ1n) is 12.9. The number of aromatic nitrogens is 1. The topological polar surface area (TPSA) is 87.5 Å². The first kappa shape index (κ1) is 27.0. The van der Waals surface area contributed by atoms with Crippen LogP contribution in [0.3, 0.4) is 0 Å². The van der Waals surface area contributed by atoms with Gasteiger partial charge in [-0.2, -0.15) is 18.2 Å². The second-order valence-electron chi connectivity index (χ2n) is 9.79. The number of nitrogens with one attached hydrogen (secondary N) is 2. The van der Waals surface area contributed by atoms with Crippen LogP contribution in [0.2, 0.25) is 0 Å². The summed E-state index contributed by atoms with van der Waals surface area (Å²) in [6.07, 6.45) is -3.06. The monoisotopic (exact) mass is 548 g/mol. The minimum absolute atomic E-state index is 0.194. The zero-order valence-electron chi connectivity index (χ0n) is 21.7. The number of piperidine rings is 1. The van der Waals surface area contributed by atoms with Gasteiger partial charge in [-0.05, 0) is 66.3 Å². The number of rotatable bonds is 6. The van der Waals surface area contributed by atoms with Crippen molar-refractivity contribution in [3.05, 3.63) is 95.9 Å². The first-order valence-corrected chi connectivity index (χ1v) is 12.9. The third-order valence-corrected chi connectivity index (χ3v) is 6.67. The minimum Gasteiger partial charge on any atom is -0.417 e. The van der Waals surface area contributed by atoms with E-state index in [9.17, 15) is 22.8 Å². The lowest BCUT2D eigenvalue weighted by Crippen LogP contribution is -2.34. The molecule has 2 heterocycles. The minimum atomic E-state index is -4.84. The van der Waals surface area contributed by atoms with E-state index in [2.05, 4.69) is 15.6 Å². The molecule has 2 N–H and O–H groups in total. The molecule has 0 aliphatic carbocycles. The van der Waals surface area contributed by atoms with E-state index in [0.717, 1.165) is 24.0 Å². The smallest absolute Gasteiger partial charge is 0.417 e. The van der Waals surface area contributed by atoms with Gasteiger partial charge >= 0.3 is 6.18 Å². The summed E-state index contributed by atoms with van der Waals surface area (Å²) in [5.74, 6) is -1.85. The Balaban J connectivity index is 1.27. The van der Waals surface area contributed by atoms with Gasteiger partial charge in [0.2, 0.25) is 5.76 Å². The van der Waals surface area contributed by atoms with Crippen LogP contribution in [0, 0.1) is 5.92 Å². The lowest BCUT2D eigenvalue weighted by molar-refractivity contribution is -0.141. The van der Waals surface area contributed by atoms with Crippen molar-refractivity contribution in [3.63, 3.8) is 0 Å². The Kier molecular flexibility index (Phi) is 7.59. The molecule has 5 rings (SSSR count). The average molecular weight is 549 g/mol. The lowest BCUT2D eigenvalue weighted by atomic mass is 10.0. The van der Waals surface area contributed by atoms with Crippen molar-refractivity contribution in [2.24, 2.45) is 5.92 Å². The van der Waals surface area contributed by atoms with E-state index in [4.69, 9.17) is 4.42 Å². The molecule has 206 valence electrons. The van der Waals surface area contributed by atoms with Crippen molar-refractivity contribution in [2.75, 3.05) is 28.6 Å². The zero-order chi connectivity index (χ0) is 28.3. The van der Waals surface area contributed by atoms with Gasteiger partial charge in [0.25, 0.3) is 17.8 Å². The number of anilines is 3. The Morgan fingerprint density at radius 3 is 2.10 bits per heavy atom. The van der Waals surface area contributed by atoms with Gasteiger partial charge in [-0.1, -0.05) is 49.4 Å². The second kappa shape index (κ2) is 11.3. The zero-order valence-corrected chi connectivity index (χ0v) is 21.7. The number of amides is 2. The normalized spacial score (nSPS) is 15.5. The maximum atomic E-state index is 13.7. The van der Waals surface area contributed by atoms with Crippen molar-refractivity contribution < 1.29 is 27.2 Å². The number of alkyl halides is 3. The molecule has 2 amide bonds. The molecule has 1 aromatic heterocycles. The van der Waals surface area contributed by atoms with Gasteiger partial charge in [0.05, 0.1) is 0 Å². The van der Waals surface area contributed by atoms with Crippen LogP contribution in [-0.4, -0.2) is 29.9 Å². The number of benzene rings is 3. The molecule has 0 radical (unpaired) electrons. The summed E-state index contributed by atoms with van der Waals surface area (Å²) in [7, 11) is 0. The third-order valence-electron chi connectivity index (χ3n) is 6.67. The Bertz CT molecular complexity index is 1480. The standard InChI is InChI=1S/C30H27F3N4O3/c1-19-6-5-17-37(18-19)29-36-26(30(31,32)33)25(40-29)28(39)35-24-15-13-21(14-16-24)20-9-11-22(12-10-20)27(38)34-23-7-3-2-4-8-23/h2-4,7-16,19H,5-6,17-18H2,1H3,(H,34,38)(H,35,39). The molecule has 1 atom stereocenters. The van der Waals surface area contributed by atoms with E-state index in [-0.39, 0.29) is 17.8 Å². The SMILES string of the molecule is CC1CCCN(c2nc(C(F)(F)F)c(C(=O)Nc3ccc(-c4ccc(C(=O)Nc5ccccc5)cc4)cc3)o2)C1. The molecule has 1 fully saturated rings. The fourth-order valence-corrected chi connectivity index (χ4v) is 4.63. The third kappa shape index (κ3) is 6.17. The molecular formula is C30H27F3N4O3. The molecule has 1 aliphatic heterocycles. The van der Waals surface area contributed by atoms with Crippen LogP contribution in [-0.2, 0) is 6.18 Å². The summed E-state index contributed by atoms with van der Waals surface area (Å²) in [5.41, 5.74) is 1.76. The van der Waals surface area contributed by atoms with Crippen molar-refractivity contribution in [3.8, 4) is 11.1 Å².